The van der Waals surface area contributed by atoms with Gasteiger partial charge >= 0.3 is 7.80 Å². The van der Waals surface area contributed by atoms with Crippen molar-refractivity contribution in [3.8, 4) is 11.6 Å². The highest BCUT2D eigenvalue weighted by Gasteiger charge is 2.15. The lowest BCUT2D eigenvalue weighted by Crippen LogP contribution is -1.91. The molecule has 0 amide bonds. The van der Waals surface area contributed by atoms with Crippen LogP contribution in [0.1, 0.15) is 5.56 Å². The maximum Gasteiger partial charge on any atom is 0.467 e. The Morgan fingerprint density at radius 1 is 0.812 bits per heavy atom. The molecule has 0 spiro atoms. The molecule has 1 nitrogen and oxygen atoms in total. The van der Waals surface area contributed by atoms with E-state index in [9.17, 15) is 4.57 Å². The Balaban J connectivity index is 2.18. The smallest absolute Gasteiger partial charge is 0.0622 e. The molecule has 0 bridgehead atoms. The van der Waals surface area contributed by atoms with Gasteiger partial charge in [-0.25, -0.2) is 0 Å². The lowest BCUT2D eigenvalue weighted by Gasteiger charge is -1.83. The average Bonchev–Trinajstić information content (AvgIpc) is 2.38. The van der Waals surface area contributed by atoms with E-state index in [2.05, 4.69) is 11.6 Å². The first-order valence-corrected chi connectivity index (χ1v) is 6.21. The summed E-state index contributed by atoms with van der Waals surface area (Å²) in [4.78, 5) is 0. The predicted molar refractivity (Wildman–Crippen MR) is 67.0 cm³/mol. The molecule has 0 saturated heterocycles. The van der Waals surface area contributed by atoms with E-state index in [-0.39, 0.29) is 0 Å². The molecular formula is C14H10OP+. The molecule has 2 aromatic carbocycles. The predicted octanol–water partition coefficient (Wildman–Crippen LogP) is 3.15. The molecule has 0 aromatic heterocycles. The van der Waals surface area contributed by atoms with E-state index in [0.717, 1.165) is 10.9 Å². The van der Waals surface area contributed by atoms with Crippen molar-refractivity contribution in [1.29, 1.82) is 0 Å². The van der Waals surface area contributed by atoms with E-state index in [1.807, 2.05) is 60.7 Å². The van der Waals surface area contributed by atoms with Gasteiger partial charge in [0.15, 0.2) is 5.66 Å². The van der Waals surface area contributed by atoms with Crippen LogP contribution >= 0.6 is 7.80 Å². The summed E-state index contributed by atoms with van der Waals surface area (Å²) in [6.07, 6.45) is 0. The third-order valence-electron chi connectivity index (χ3n) is 2.07. The zero-order chi connectivity index (χ0) is 11.2. The maximum atomic E-state index is 11.8. The normalized spacial score (nSPS) is 10.1. The molecule has 0 aliphatic rings. The van der Waals surface area contributed by atoms with Gasteiger partial charge in [0.05, 0.1) is 0 Å². The van der Waals surface area contributed by atoms with Crippen molar-refractivity contribution in [1.82, 2.24) is 0 Å². The first-order valence-electron chi connectivity index (χ1n) is 4.95. The summed E-state index contributed by atoms with van der Waals surface area (Å²) < 4.78 is 11.8. The molecule has 0 N–H and O–H groups in total. The van der Waals surface area contributed by atoms with Crippen LogP contribution in [0.15, 0.2) is 60.7 Å². The molecule has 2 heteroatoms. The van der Waals surface area contributed by atoms with Crippen LogP contribution in [0.25, 0.3) is 0 Å². The Morgan fingerprint density at radius 2 is 1.38 bits per heavy atom. The minimum atomic E-state index is -1.61. The molecule has 1 atom stereocenters. The SMILES string of the molecule is O=[P+](C#Cc1ccccc1)c1ccccc1. The first kappa shape index (κ1) is 10.6. The van der Waals surface area contributed by atoms with E-state index in [4.69, 9.17) is 0 Å². The number of hydrogen-bond acceptors (Lipinski definition) is 1. The largest absolute Gasteiger partial charge is 0.467 e. The number of rotatable bonds is 1. The third kappa shape index (κ3) is 2.79. The quantitative estimate of drug-likeness (QED) is 0.538. The van der Waals surface area contributed by atoms with E-state index >= 15 is 0 Å². The fraction of sp³-hybridized carbons (Fsp3) is 0. The lowest BCUT2D eigenvalue weighted by molar-refractivity contribution is 0.598. The maximum absolute atomic E-state index is 11.8. The van der Waals surface area contributed by atoms with Crippen molar-refractivity contribution in [2.24, 2.45) is 0 Å². The van der Waals surface area contributed by atoms with Crippen molar-refractivity contribution >= 4 is 13.1 Å². The summed E-state index contributed by atoms with van der Waals surface area (Å²) in [7, 11) is -1.61. The molecule has 2 aromatic rings. The van der Waals surface area contributed by atoms with Crippen molar-refractivity contribution in [2.45, 2.75) is 0 Å². The third-order valence-corrected chi connectivity index (χ3v) is 3.15. The fourth-order valence-corrected chi connectivity index (χ4v) is 2.07. The molecule has 0 aliphatic carbocycles. The zero-order valence-corrected chi connectivity index (χ0v) is 9.52. The molecule has 0 radical (unpaired) electrons. The summed E-state index contributed by atoms with van der Waals surface area (Å²) >= 11 is 0. The number of hydrogen-bond donors (Lipinski definition) is 0. The van der Waals surface area contributed by atoms with Crippen LogP contribution < -0.4 is 5.30 Å². The minimum absolute atomic E-state index is 0.779. The summed E-state index contributed by atoms with van der Waals surface area (Å²) in [5.41, 5.74) is 3.66. The van der Waals surface area contributed by atoms with Crippen LogP contribution in [-0.4, -0.2) is 0 Å². The Kier molecular flexibility index (Phi) is 3.49. The van der Waals surface area contributed by atoms with Gasteiger partial charge in [-0.1, -0.05) is 41.0 Å². The molecule has 0 aliphatic heterocycles. The highest BCUT2D eigenvalue weighted by molar-refractivity contribution is 7.58. The van der Waals surface area contributed by atoms with E-state index in [1.165, 1.54) is 0 Å². The summed E-state index contributed by atoms with van der Waals surface area (Å²) in [6, 6.07) is 18.9. The van der Waals surface area contributed by atoms with Crippen molar-refractivity contribution in [3.05, 3.63) is 66.2 Å². The summed E-state index contributed by atoms with van der Waals surface area (Å²) in [5, 5.41) is 0.779. The molecule has 16 heavy (non-hydrogen) atoms. The van der Waals surface area contributed by atoms with Gasteiger partial charge in [-0.2, -0.15) is 0 Å². The minimum Gasteiger partial charge on any atom is -0.0622 e. The average molecular weight is 225 g/mol. The highest BCUT2D eigenvalue weighted by atomic mass is 31.1. The van der Waals surface area contributed by atoms with Gasteiger partial charge in [-0.3, -0.25) is 0 Å². The topological polar surface area (TPSA) is 17.1 Å². The summed E-state index contributed by atoms with van der Waals surface area (Å²) in [6.45, 7) is 0. The van der Waals surface area contributed by atoms with E-state index < -0.39 is 7.80 Å². The second kappa shape index (κ2) is 5.26. The Labute approximate surface area is 95.9 Å². The first-order chi connectivity index (χ1) is 7.86. The van der Waals surface area contributed by atoms with Gasteiger partial charge in [-0.05, 0) is 30.2 Å². The van der Waals surface area contributed by atoms with Crippen LogP contribution in [-0.2, 0) is 4.57 Å². The monoisotopic (exact) mass is 225 g/mol. The van der Waals surface area contributed by atoms with Crippen LogP contribution in [0.3, 0.4) is 0 Å². The Morgan fingerprint density at radius 3 is 2.00 bits per heavy atom. The molecule has 0 saturated carbocycles. The summed E-state index contributed by atoms with van der Waals surface area (Å²) in [5.74, 6) is 2.91. The van der Waals surface area contributed by atoms with Gasteiger partial charge in [0.25, 0.3) is 0 Å². The molecule has 0 heterocycles. The standard InChI is InChI=1S/C14H10OP/c15-16(14-9-5-2-6-10-14)12-11-13-7-3-1-4-8-13/h1-10H/q+1. The van der Waals surface area contributed by atoms with Crippen molar-refractivity contribution in [3.63, 3.8) is 0 Å². The second-order valence-corrected chi connectivity index (χ2v) is 4.56. The highest BCUT2D eigenvalue weighted by Crippen LogP contribution is 2.17. The Hall–Kier alpha value is -1.90. The zero-order valence-electron chi connectivity index (χ0n) is 8.63. The molecule has 2 rings (SSSR count). The Bertz CT molecular complexity index is 535. The second-order valence-electron chi connectivity index (χ2n) is 3.23. The van der Waals surface area contributed by atoms with E-state index in [0.29, 0.717) is 0 Å². The molecule has 1 unspecified atom stereocenters. The fourth-order valence-electron chi connectivity index (χ4n) is 1.26. The van der Waals surface area contributed by atoms with Gasteiger partial charge in [-0.15, -0.1) is 0 Å². The van der Waals surface area contributed by atoms with Crippen LogP contribution in [0, 0.1) is 11.6 Å². The molecule has 0 fully saturated rings. The van der Waals surface area contributed by atoms with Gasteiger partial charge < -0.3 is 0 Å². The van der Waals surface area contributed by atoms with Gasteiger partial charge in [0.1, 0.15) is 0 Å². The van der Waals surface area contributed by atoms with Crippen molar-refractivity contribution in [2.75, 3.05) is 0 Å². The van der Waals surface area contributed by atoms with Crippen LogP contribution in [0.2, 0.25) is 0 Å². The van der Waals surface area contributed by atoms with Crippen LogP contribution in [0.5, 0.6) is 0 Å². The lowest BCUT2D eigenvalue weighted by atomic mass is 10.2. The van der Waals surface area contributed by atoms with Gasteiger partial charge in [0.2, 0.25) is 5.30 Å². The van der Waals surface area contributed by atoms with Gasteiger partial charge in [0, 0.05) is 5.56 Å². The molecular weight excluding hydrogens is 215 g/mol. The number of benzene rings is 2. The van der Waals surface area contributed by atoms with Crippen molar-refractivity contribution < 1.29 is 4.57 Å². The van der Waals surface area contributed by atoms with E-state index in [1.54, 1.807) is 0 Å². The molecule has 76 valence electrons. The van der Waals surface area contributed by atoms with Crippen LogP contribution in [0.4, 0.5) is 0 Å².